The number of hydrogen-bond donors (Lipinski definition) is 0. The molecule has 0 spiro atoms. The number of nitrogens with zero attached hydrogens (tertiary/aromatic N) is 1. The number of fused-ring (bicyclic) bond motifs is 1. The van der Waals surface area contributed by atoms with Crippen molar-refractivity contribution in [1.29, 1.82) is 0 Å². The number of rotatable bonds is 3. The Bertz CT molecular complexity index is 861. The predicted octanol–water partition coefficient (Wildman–Crippen LogP) is 6.15. The third-order valence-corrected chi connectivity index (χ3v) is 4.96. The van der Waals surface area contributed by atoms with E-state index in [4.69, 9.17) is 0 Å². The van der Waals surface area contributed by atoms with Gasteiger partial charge in [-0.25, -0.2) is 0 Å². The van der Waals surface area contributed by atoms with Gasteiger partial charge in [-0.05, 0) is 43.7 Å². The van der Waals surface area contributed by atoms with Crippen molar-refractivity contribution in [2.24, 2.45) is 0 Å². The molecule has 0 heterocycles. The molecule has 0 aliphatic heterocycles. The van der Waals surface area contributed by atoms with Crippen molar-refractivity contribution in [3.05, 3.63) is 90.2 Å². The lowest BCUT2D eigenvalue weighted by Crippen LogP contribution is -2.34. The topological polar surface area (TPSA) is 3.24 Å². The second kappa shape index (κ2) is 6.52. The first-order valence-electron chi connectivity index (χ1n) is 8.79. The summed E-state index contributed by atoms with van der Waals surface area (Å²) in [5.41, 5.74) is 4.20. The molecule has 4 rings (SSSR count). The molecule has 2 aromatic carbocycles. The Kier molecular flexibility index (Phi) is 4.08. The van der Waals surface area contributed by atoms with Crippen molar-refractivity contribution in [2.75, 3.05) is 4.90 Å². The molecule has 2 aliphatic carbocycles. The largest absolute Gasteiger partial charge is 0.337 e. The molecular weight excluding hydrogens is 290 g/mol. The average Bonchev–Trinajstić information content (AvgIpc) is 2.65. The van der Waals surface area contributed by atoms with Gasteiger partial charge < -0.3 is 4.90 Å². The lowest BCUT2D eigenvalue weighted by atomic mass is 9.97. The predicted molar refractivity (Wildman–Crippen MR) is 104 cm³/mol. The van der Waals surface area contributed by atoms with E-state index in [1.807, 2.05) is 0 Å². The maximum Gasteiger partial charge on any atom is 0.0556 e. The van der Waals surface area contributed by atoms with Gasteiger partial charge >= 0.3 is 0 Å². The third-order valence-electron chi connectivity index (χ3n) is 4.96. The monoisotopic (exact) mass is 313 g/mol. The first-order chi connectivity index (χ1) is 11.8. The fraction of sp³-hybridized carbons (Fsp3) is 0.217. The van der Waals surface area contributed by atoms with E-state index in [-0.39, 0.29) is 0 Å². The van der Waals surface area contributed by atoms with Crippen LogP contribution in [0.2, 0.25) is 0 Å². The van der Waals surface area contributed by atoms with Gasteiger partial charge in [0, 0.05) is 16.8 Å². The molecule has 1 heteroatoms. The van der Waals surface area contributed by atoms with Crippen LogP contribution in [0, 0.1) is 0 Å². The van der Waals surface area contributed by atoms with E-state index >= 15 is 0 Å². The van der Waals surface area contributed by atoms with Gasteiger partial charge in [-0.1, -0.05) is 72.4 Å². The van der Waals surface area contributed by atoms with Gasteiger partial charge in [-0.3, -0.25) is 0 Å². The summed E-state index contributed by atoms with van der Waals surface area (Å²) in [6, 6.07) is 15.7. The van der Waals surface area contributed by atoms with Gasteiger partial charge in [0.1, 0.15) is 0 Å². The van der Waals surface area contributed by atoms with E-state index in [1.165, 1.54) is 27.7 Å². The van der Waals surface area contributed by atoms with Crippen LogP contribution >= 0.6 is 0 Å². The summed E-state index contributed by atoms with van der Waals surface area (Å²) >= 11 is 0. The molecule has 0 saturated carbocycles. The Morgan fingerprint density at radius 3 is 2.58 bits per heavy atom. The molecule has 120 valence electrons. The van der Waals surface area contributed by atoms with Crippen LogP contribution in [0.4, 0.5) is 5.69 Å². The van der Waals surface area contributed by atoms with E-state index in [1.54, 1.807) is 0 Å². The Morgan fingerprint density at radius 2 is 1.79 bits per heavy atom. The maximum atomic E-state index is 2.55. The SMILES string of the molecule is CC1=CC=C(N(c2cccc3ccccc23)C2C=CC=CC2)CC1. The molecule has 0 aromatic heterocycles. The first kappa shape index (κ1) is 15.0. The van der Waals surface area contributed by atoms with Gasteiger partial charge in [-0.2, -0.15) is 0 Å². The molecule has 1 atom stereocenters. The van der Waals surface area contributed by atoms with E-state index in [9.17, 15) is 0 Å². The number of benzene rings is 2. The Morgan fingerprint density at radius 1 is 0.917 bits per heavy atom. The first-order valence-corrected chi connectivity index (χ1v) is 8.79. The molecule has 24 heavy (non-hydrogen) atoms. The zero-order chi connectivity index (χ0) is 16.4. The van der Waals surface area contributed by atoms with E-state index < -0.39 is 0 Å². The summed E-state index contributed by atoms with van der Waals surface area (Å²) in [6.45, 7) is 2.22. The van der Waals surface area contributed by atoms with Crippen LogP contribution < -0.4 is 4.90 Å². The molecule has 0 saturated heterocycles. The lowest BCUT2D eigenvalue weighted by Gasteiger charge is -2.36. The van der Waals surface area contributed by atoms with Gasteiger partial charge in [0.25, 0.3) is 0 Å². The normalized spacial score (nSPS) is 20.0. The van der Waals surface area contributed by atoms with Gasteiger partial charge in [0.15, 0.2) is 0 Å². The van der Waals surface area contributed by atoms with Gasteiger partial charge in [0.2, 0.25) is 0 Å². The number of anilines is 1. The smallest absolute Gasteiger partial charge is 0.0556 e. The molecule has 1 unspecified atom stereocenters. The van der Waals surface area contributed by atoms with E-state index in [0.717, 1.165) is 19.3 Å². The minimum Gasteiger partial charge on any atom is -0.337 e. The van der Waals surface area contributed by atoms with E-state index in [0.29, 0.717) is 6.04 Å². The lowest BCUT2D eigenvalue weighted by molar-refractivity contribution is 0.716. The Balaban J connectivity index is 1.86. The molecule has 0 N–H and O–H groups in total. The fourth-order valence-electron chi connectivity index (χ4n) is 3.65. The quantitative estimate of drug-likeness (QED) is 0.656. The zero-order valence-corrected chi connectivity index (χ0v) is 14.2. The highest BCUT2D eigenvalue weighted by Gasteiger charge is 2.23. The van der Waals surface area contributed by atoms with Crippen molar-refractivity contribution < 1.29 is 0 Å². The molecule has 0 radical (unpaired) electrons. The highest BCUT2D eigenvalue weighted by atomic mass is 15.2. The van der Waals surface area contributed by atoms with Crippen molar-refractivity contribution in [3.8, 4) is 0 Å². The van der Waals surface area contributed by atoms with Crippen molar-refractivity contribution >= 4 is 16.5 Å². The summed E-state index contributed by atoms with van der Waals surface area (Å²) in [5.74, 6) is 0. The molecule has 1 nitrogen and oxygen atoms in total. The summed E-state index contributed by atoms with van der Waals surface area (Å²) < 4.78 is 0. The maximum absolute atomic E-state index is 2.55. The van der Waals surface area contributed by atoms with Crippen LogP contribution in [-0.2, 0) is 0 Å². The molecular formula is C23H23N. The van der Waals surface area contributed by atoms with Crippen molar-refractivity contribution in [3.63, 3.8) is 0 Å². The average molecular weight is 313 g/mol. The van der Waals surface area contributed by atoms with Gasteiger partial charge in [0.05, 0.1) is 6.04 Å². The van der Waals surface area contributed by atoms with Crippen molar-refractivity contribution in [2.45, 2.75) is 32.2 Å². The van der Waals surface area contributed by atoms with Crippen LogP contribution in [0.5, 0.6) is 0 Å². The highest BCUT2D eigenvalue weighted by molar-refractivity contribution is 5.95. The standard InChI is InChI=1S/C23H23N/c1-18-14-16-21(17-15-18)24(20-10-3-2-4-11-20)23-13-7-9-19-8-5-6-12-22(19)23/h2-10,12-14,16,20H,11,15,17H2,1H3. The van der Waals surface area contributed by atoms with Crippen LogP contribution in [-0.4, -0.2) is 6.04 Å². The fourth-order valence-corrected chi connectivity index (χ4v) is 3.65. The molecule has 0 fully saturated rings. The van der Waals surface area contributed by atoms with E-state index in [2.05, 4.69) is 90.7 Å². The molecule has 2 aromatic rings. The zero-order valence-electron chi connectivity index (χ0n) is 14.2. The Labute approximate surface area is 144 Å². The van der Waals surface area contributed by atoms with Crippen LogP contribution in [0.25, 0.3) is 10.8 Å². The van der Waals surface area contributed by atoms with Gasteiger partial charge in [-0.15, -0.1) is 0 Å². The third kappa shape index (κ3) is 2.82. The minimum absolute atomic E-state index is 0.388. The van der Waals surface area contributed by atoms with Crippen LogP contribution in [0.15, 0.2) is 90.2 Å². The summed E-state index contributed by atoms with van der Waals surface area (Å²) in [5, 5.41) is 2.63. The van der Waals surface area contributed by atoms with Crippen LogP contribution in [0.1, 0.15) is 26.2 Å². The minimum atomic E-state index is 0.388. The molecule has 2 aliphatic rings. The second-order valence-corrected chi connectivity index (χ2v) is 6.66. The highest BCUT2D eigenvalue weighted by Crippen LogP contribution is 2.35. The second-order valence-electron chi connectivity index (χ2n) is 6.66. The number of allylic oxidation sites excluding steroid dienone is 6. The summed E-state index contributed by atoms with van der Waals surface area (Å²) in [6.07, 6.45) is 16.8. The molecule has 0 amide bonds. The number of hydrogen-bond acceptors (Lipinski definition) is 1. The summed E-state index contributed by atoms with van der Waals surface area (Å²) in [4.78, 5) is 2.55. The Hall–Kier alpha value is -2.54. The van der Waals surface area contributed by atoms with Crippen molar-refractivity contribution in [1.82, 2.24) is 0 Å². The van der Waals surface area contributed by atoms with Crippen LogP contribution in [0.3, 0.4) is 0 Å². The molecule has 0 bridgehead atoms. The summed E-state index contributed by atoms with van der Waals surface area (Å²) in [7, 11) is 0.